The van der Waals surface area contributed by atoms with E-state index < -0.39 is 22.5 Å². The smallest absolute Gasteiger partial charge is 0.255 e. The van der Waals surface area contributed by atoms with Crippen molar-refractivity contribution in [1.29, 1.82) is 0 Å². The van der Waals surface area contributed by atoms with E-state index in [0.29, 0.717) is 22.0 Å². The summed E-state index contributed by atoms with van der Waals surface area (Å²) in [5.41, 5.74) is 3.38. The first-order chi connectivity index (χ1) is 12.3. The van der Waals surface area contributed by atoms with Crippen LogP contribution in [0.1, 0.15) is 12.5 Å². The summed E-state index contributed by atoms with van der Waals surface area (Å²) in [7, 11) is -2.25. The minimum atomic E-state index is -3.76. The maximum atomic E-state index is 12.1. The first-order valence-corrected chi connectivity index (χ1v) is 9.41. The molecule has 0 saturated heterocycles. The van der Waals surface area contributed by atoms with Gasteiger partial charge < -0.3 is 4.74 Å². The van der Waals surface area contributed by atoms with Crippen LogP contribution in [0.3, 0.4) is 0 Å². The fourth-order valence-electron chi connectivity index (χ4n) is 2.05. The van der Waals surface area contributed by atoms with Crippen LogP contribution in [0.4, 0.5) is 0 Å². The maximum Gasteiger partial charge on any atom is 0.255 e. The largest absolute Gasteiger partial charge is 0.496 e. The van der Waals surface area contributed by atoms with Crippen LogP contribution in [-0.2, 0) is 14.8 Å². The topological polar surface area (TPSA) is 96.9 Å². The molecule has 2 N–H and O–H groups in total. The quantitative estimate of drug-likeness (QED) is 0.554. The molecular weight excluding hydrogens is 378 g/mol. The van der Waals surface area contributed by atoms with Gasteiger partial charge in [0.25, 0.3) is 5.91 Å². The molecular formula is C17H18ClN3O4S. The molecule has 0 aliphatic carbocycles. The summed E-state index contributed by atoms with van der Waals surface area (Å²) in [6, 6.07) is 12.8. The summed E-state index contributed by atoms with van der Waals surface area (Å²) < 4.78 is 31.6. The lowest BCUT2D eigenvalue weighted by molar-refractivity contribution is -0.119. The highest BCUT2D eigenvalue weighted by Crippen LogP contribution is 2.23. The third-order valence-corrected chi connectivity index (χ3v) is 5.03. The molecule has 0 unspecified atom stereocenters. The van der Waals surface area contributed by atoms with Gasteiger partial charge in [0.05, 0.1) is 24.3 Å². The molecule has 0 aromatic heterocycles. The molecule has 2 aromatic rings. The van der Waals surface area contributed by atoms with E-state index >= 15 is 0 Å². The number of methoxy groups -OCH3 is 1. The Kier molecular flexibility index (Phi) is 6.73. The molecule has 7 nitrogen and oxygen atoms in total. The lowest BCUT2D eigenvalue weighted by Gasteiger charge is -2.09. The van der Waals surface area contributed by atoms with E-state index in [1.54, 1.807) is 43.3 Å². The van der Waals surface area contributed by atoms with Gasteiger partial charge in [-0.3, -0.25) is 4.79 Å². The highest BCUT2D eigenvalue weighted by Gasteiger charge is 2.15. The number of rotatable bonds is 7. The van der Waals surface area contributed by atoms with E-state index in [1.807, 2.05) is 0 Å². The Labute approximate surface area is 157 Å². The maximum absolute atomic E-state index is 12.1. The van der Waals surface area contributed by atoms with Gasteiger partial charge in [0.2, 0.25) is 10.0 Å². The number of nitrogens with zero attached hydrogens (tertiary/aromatic N) is 1. The van der Waals surface area contributed by atoms with Crippen LogP contribution >= 0.6 is 11.6 Å². The van der Waals surface area contributed by atoms with Gasteiger partial charge in [0, 0.05) is 10.6 Å². The molecule has 0 bridgehead atoms. The Balaban J connectivity index is 2.00. The summed E-state index contributed by atoms with van der Waals surface area (Å²) in [6.07, 6.45) is 0. The molecule has 138 valence electrons. The highest BCUT2D eigenvalue weighted by atomic mass is 35.5. The van der Waals surface area contributed by atoms with Gasteiger partial charge in [-0.05, 0) is 37.3 Å². The molecule has 0 radical (unpaired) electrons. The van der Waals surface area contributed by atoms with Crippen LogP contribution in [-0.4, -0.2) is 33.7 Å². The molecule has 2 rings (SSSR count). The van der Waals surface area contributed by atoms with E-state index in [-0.39, 0.29) is 4.90 Å². The third kappa shape index (κ3) is 5.29. The summed E-state index contributed by atoms with van der Waals surface area (Å²) in [6.45, 7) is 1.23. The monoisotopic (exact) mass is 395 g/mol. The van der Waals surface area contributed by atoms with Crippen molar-refractivity contribution in [3.63, 3.8) is 0 Å². The van der Waals surface area contributed by atoms with Gasteiger partial charge in [0.1, 0.15) is 5.75 Å². The Morgan fingerprint density at radius 3 is 2.54 bits per heavy atom. The van der Waals surface area contributed by atoms with Crippen LogP contribution < -0.4 is 14.9 Å². The van der Waals surface area contributed by atoms with Crippen molar-refractivity contribution >= 4 is 33.2 Å². The fraction of sp³-hybridized carbons (Fsp3) is 0.176. The zero-order chi connectivity index (χ0) is 19.2. The number of sulfonamides is 1. The SMILES string of the molecule is COc1ccc(Cl)cc1/C(C)=N\NC(=O)CNS(=O)(=O)c1ccccc1. The van der Waals surface area contributed by atoms with Gasteiger partial charge in [-0.25, -0.2) is 18.6 Å². The second-order valence-electron chi connectivity index (χ2n) is 5.21. The van der Waals surface area contributed by atoms with Crippen molar-refractivity contribution in [3.05, 3.63) is 59.1 Å². The van der Waals surface area contributed by atoms with Gasteiger partial charge in [-0.15, -0.1) is 0 Å². The molecule has 0 spiro atoms. The number of nitrogens with one attached hydrogen (secondary N) is 2. The first kappa shape index (κ1) is 19.9. The van der Waals surface area contributed by atoms with E-state index in [0.717, 1.165) is 0 Å². The van der Waals surface area contributed by atoms with Gasteiger partial charge in [0.15, 0.2) is 0 Å². The fourth-order valence-corrected chi connectivity index (χ4v) is 3.23. The minimum absolute atomic E-state index is 0.0798. The molecule has 2 aromatic carbocycles. The van der Waals surface area contributed by atoms with Gasteiger partial charge in [-0.2, -0.15) is 5.10 Å². The van der Waals surface area contributed by atoms with Crippen molar-refractivity contribution in [2.45, 2.75) is 11.8 Å². The summed E-state index contributed by atoms with van der Waals surface area (Å²) in [5.74, 6) is -0.0560. The molecule has 0 heterocycles. The molecule has 1 amide bonds. The average Bonchev–Trinajstić information content (AvgIpc) is 2.65. The van der Waals surface area contributed by atoms with Crippen molar-refractivity contribution in [1.82, 2.24) is 10.1 Å². The molecule has 0 aliphatic heterocycles. The minimum Gasteiger partial charge on any atom is -0.496 e. The summed E-state index contributed by atoms with van der Waals surface area (Å²) in [5, 5.41) is 4.46. The molecule has 0 fully saturated rings. The van der Waals surface area contributed by atoms with Crippen molar-refractivity contribution < 1.29 is 17.9 Å². The number of hydrogen-bond donors (Lipinski definition) is 2. The zero-order valence-corrected chi connectivity index (χ0v) is 15.8. The van der Waals surface area contributed by atoms with Crippen LogP contribution in [0.2, 0.25) is 5.02 Å². The number of carbonyl (C=O) groups is 1. The normalized spacial score (nSPS) is 11.9. The van der Waals surface area contributed by atoms with Crippen molar-refractivity contribution in [2.75, 3.05) is 13.7 Å². The number of hydrogen-bond acceptors (Lipinski definition) is 5. The Morgan fingerprint density at radius 2 is 1.88 bits per heavy atom. The molecule has 0 aliphatic rings. The predicted octanol–water partition coefficient (Wildman–Crippen LogP) is 2.17. The molecule has 0 atom stereocenters. The number of hydrazone groups is 1. The van der Waals surface area contributed by atoms with Crippen LogP contribution in [0.15, 0.2) is 58.5 Å². The third-order valence-electron chi connectivity index (χ3n) is 3.38. The lowest BCUT2D eigenvalue weighted by atomic mass is 10.1. The Morgan fingerprint density at radius 1 is 1.19 bits per heavy atom. The average molecular weight is 396 g/mol. The van der Waals surface area contributed by atoms with Crippen LogP contribution in [0.5, 0.6) is 5.75 Å². The molecule has 26 heavy (non-hydrogen) atoms. The highest BCUT2D eigenvalue weighted by molar-refractivity contribution is 7.89. The first-order valence-electron chi connectivity index (χ1n) is 7.55. The number of benzene rings is 2. The number of amides is 1. The van der Waals surface area contributed by atoms with E-state index in [4.69, 9.17) is 16.3 Å². The Hall–Kier alpha value is -2.42. The molecule has 9 heteroatoms. The van der Waals surface area contributed by atoms with Crippen LogP contribution in [0.25, 0.3) is 0 Å². The van der Waals surface area contributed by atoms with E-state index in [1.165, 1.54) is 19.2 Å². The lowest BCUT2D eigenvalue weighted by Crippen LogP contribution is -2.35. The van der Waals surface area contributed by atoms with Crippen LogP contribution in [0, 0.1) is 0 Å². The zero-order valence-electron chi connectivity index (χ0n) is 14.2. The van der Waals surface area contributed by atoms with E-state index in [2.05, 4.69) is 15.2 Å². The van der Waals surface area contributed by atoms with E-state index in [9.17, 15) is 13.2 Å². The summed E-state index contributed by atoms with van der Waals surface area (Å²) >= 11 is 5.96. The Bertz CT molecular complexity index is 915. The second-order valence-corrected chi connectivity index (χ2v) is 7.42. The second kappa shape index (κ2) is 8.79. The predicted molar refractivity (Wildman–Crippen MR) is 100.0 cm³/mol. The molecule has 0 saturated carbocycles. The van der Waals surface area contributed by atoms with Crippen molar-refractivity contribution in [2.24, 2.45) is 5.10 Å². The standard InChI is InChI=1S/C17H18ClN3O4S/c1-12(15-10-13(18)8-9-16(15)25-2)20-21-17(22)11-19-26(23,24)14-6-4-3-5-7-14/h3-10,19H,11H2,1-2H3,(H,21,22)/b20-12-. The van der Waals surface area contributed by atoms with Gasteiger partial charge in [-0.1, -0.05) is 29.8 Å². The number of carbonyl (C=O) groups excluding carboxylic acids is 1. The summed E-state index contributed by atoms with van der Waals surface area (Å²) in [4.78, 5) is 12.0. The van der Waals surface area contributed by atoms with Gasteiger partial charge >= 0.3 is 0 Å². The number of halogens is 1. The van der Waals surface area contributed by atoms with Crippen molar-refractivity contribution in [3.8, 4) is 5.75 Å². The number of ether oxygens (including phenoxy) is 1.